The molecule has 0 radical (unpaired) electrons. The second kappa shape index (κ2) is 2.25. The van der Waals surface area contributed by atoms with Crippen LogP contribution >= 0.6 is 0 Å². The van der Waals surface area contributed by atoms with E-state index in [2.05, 4.69) is 5.32 Å². The van der Waals surface area contributed by atoms with Crippen LogP contribution in [-0.4, -0.2) is 13.1 Å². The minimum absolute atomic E-state index is 0.818. The Morgan fingerprint density at radius 3 is 1.83 bits per heavy atom. The standard InChI is InChI=1S/C11H19N/c1-2-10(4-5-10)11(3-1)6-8-12-9-7-11/h12H,1-9H2. The van der Waals surface area contributed by atoms with E-state index in [1.165, 1.54) is 32.4 Å². The maximum Gasteiger partial charge on any atom is -0.00434 e. The molecule has 1 saturated heterocycles. The molecule has 0 aromatic heterocycles. The SMILES string of the molecule is C1CC2(CCNCC2)C2(C1)CC2. The predicted octanol–water partition coefficient (Wildman–Crippen LogP) is 2.32. The Morgan fingerprint density at radius 1 is 0.667 bits per heavy atom. The molecule has 3 fully saturated rings. The first kappa shape index (κ1) is 7.37. The number of nitrogens with one attached hydrogen (secondary N) is 1. The highest BCUT2D eigenvalue weighted by molar-refractivity contribution is 5.11. The summed E-state index contributed by atoms with van der Waals surface area (Å²) in [7, 11) is 0. The van der Waals surface area contributed by atoms with E-state index < -0.39 is 0 Å². The predicted molar refractivity (Wildman–Crippen MR) is 50.1 cm³/mol. The Morgan fingerprint density at radius 2 is 1.25 bits per heavy atom. The summed E-state index contributed by atoms with van der Waals surface area (Å²) in [6, 6.07) is 0. The maximum atomic E-state index is 3.50. The molecule has 2 aliphatic carbocycles. The Labute approximate surface area is 74.9 Å². The fourth-order valence-corrected chi connectivity index (χ4v) is 3.91. The van der Waals surface area contributed by atoms with Gasteiger partial charge in [0.25, 0.3) is 0 Å². The van der Waals surface area contributed by atoms with Crippen LogP contribution in [-0.2, 0) is 0 Å². The first-order valence-corrected chi connectivity index (χ1v) is 5.58. The van der Waals surface area contributed by atoms with E-state index in [1.807, 2.05) is 0 Å². The van der Waals surface area contributed by atoms with Crippen LogP contribution in [0.3, 0.4) is 0 Å². The molecule has 1 nitrogen and oxygen atoms in total. The molecule has 2 spiro atoms. The van der Waals surface area contributed by atoms with Crippen molar-refractivity contribution in [3.8, 4) is 0 Å². The average Bonchev–Trinajstić information content (AvgIpc) is 2.80. The summed E-state index contributed by atoms with van der Waals surface area (Å²) in [6.45, 7) is 2.59. The third kappa shape index (κ3) is 0.783. The quantitative estimate of drug-likeness (QED) is 0.581. The monoisotopic (exact) mass is 165 g/mol. The zero-order valence-electron chi connectivity index (χ0n) is 7.86. The average molecular weight is 165 g/mol. The second-order valence-electron chi connectivity index (χ2n) is 5.16. The van der Waals surface area contributed by atoms with Gasteiger partial charge in [0.1, 0.15) is 0 Å². The normalized spacial score (nSPS) is 36.0. The second-order valence-corrected chi connectivity index (χ2v) is 5.16. The molecule has 1 aliphatic heterocycles. The van der Waals surface area contributed by atoms with Gasteiger partial charge in [0.15, 0.2) is 0 Å². The summed E-state index contributed by atoms with van der Waals surface area (Å²) in [5.74, 6) is 0. The van der Waals surface area contributed by atoms with Crippen LogP contribution in [0.1, 0.15) is 44.9 Å². The molecule has 1 heteroatoms. The highest BCUT2D eigenvalue weighted by Crippen LogP contribution is 2.70. The van der Waals surface area contributed by atoms with Gasteiger partial charge < -0.3 is 5.32 Å². The van der Waals surface area contributed by atoms with Crippen molar-refractivity contribution >= 4 is 0 Å². The Balaban J connectivity index is 1.87. The van der Waals surface area contributed by atoms with Crippen molar-refractivity contribution in [2.75, 3.05) is 13.1 Å². The Hall–Kier alpha value is -0.0400. The summed E-state index contributed by atoms with van der Waals surface area (Å²) >= 11 is 0. The molecule has 12 heavy (non-hydrogen) atoms. The van der Waals surface area contributed by atoms with E-state index in [4.69, 9.17) is 0 Å². The molecule has 2 saturated carbocycles. The van der Waals surface area contributed by atoms with Gasteiger partial charge in [-0.3, -0.25) is 0 Å². The lowest BCUT2D eigenvalue weighted by molar-refractivity contribution is 0.120. The topological polar surface area (TPSA) is 12.0 Å². The minimum Gasteiger partial charge on any atom is -0.317 e. The fourth-order valence-electron chi connectivity index (χ4n) is 3.91. The van der Waals surface area contributed by atoms with E-state index in [9.17, 15) is 0 Å². The Kier molecular flexibility index (Phi) is 1.39. The van der Waals surface area contributed by atoms with Gasteiger partial charge in [0.2, 0.25) is 0 Å². The lowest BCUT2D eigenvalue weighted by Crippen LogP contribution is -2.39. The van der Waals surface area contributed by atoms with Crippen molar-refractivity contribution < 1.29 is 0 Å². The van der Waals surface area contributed by atoms with Gasteiger partial charge in [-0.15, -0.1) is 0 Å². The molecule has 1 heterocycles. The summed E-state index contributed by atoms with van der Waals surface area (Å²) in [5, 5.41) is 3.50. The van der Waals surface area contributed by atoms with E-state index >= 15 is 0 Å². The molecule has 0 aromatic carbocycles. The molecule has 68 valence electrons. The highest BCUT2D eigenvalue weighted by Gasteiger charge is 2.60. The van der Waals surface area contributed by atoms with Gasteiger partial charge >= 0.3 is 0 Å². The zero-order chi connectivity index (χ0) is 8.07. The molecular formula is C11H19N. The highest BCUT2D eigenvalue weighted by atomic mass is 14.9. The van der Waals surface area contributed by atoms with Crippen molar-refractivity contribution in [3.63, 3.8) is 0 Å². The van der Waals surface area contributed by atoms with E-state index in [1.54, 1.807) is 25.7 Å². The first-order valence-electron chi connectivity index (χ1n) is 5.58. The molecule has 0 aromatic rings. The van der Waals surface area contributed by atoms with E-state index in [0.717, 1.165) is 10.8 Å². The van der Waals surface area contributed by atoms with Crippen LogP contribution in [0.25, 0.3) is 0 Å². The largest absolute Gasteiger partial charge is 0.317 e. The number of piperidine rings is 1. The lowest BCUT2D eigenvalue weighted by Gasteiger charge is -2.40. The van der Waals surface area contributed by atoms with Crippen LogP contribution in [0.5, 0.6) is 0 Å². The summed E-state index contributed by atoms with van der Waals surface area (Å²) < 4.78 is 0. The van der Waals surface area contributed by atoms with Gasteiger partial charge in [-0.25, -0.2) is 0 Å². The van der Waals surface area contributed by atoms with Crippen molar-refractivity contribution in [2.24, 2.45) is 10.8 Å². The van der Waals surface area contributed by atoms with Crippen LogP contribution in [0, 0.1) is 10.8 Å². The number of hydrogen-bond acceptors (Lipinski definition) is 1. The van der Waals surface area contributed by atoms with Crippen molar-refractivity contribution in [1.82, 2.24) is 5.32 Å². The Bertz CT molecular complexity index is 187. The van der Waals surface area contributed by atoms with Crippen LogP contribution < -0.4 is 5.32 Å². The smallest absolute Gasteiger partial charge is 0.00434 e. The molecule has 0 bridgehead atoms. The number of rotatable bonds is 0. The molecular weight excluding hydrogens is 146 g/mol. The third-order valence-electron chi connectivity index (χ3n) is 4.85. The van der Waals surface area contributed by atoms with Gasteiger partial charge in [-0.2, -0.15) is 0 Å². The van der Waals surface area contributed by atoms with E-state index in [-0.39, 0.29) is 0 Å². The molecule has 1 N–H and O–H groups in total. The van der Waals surface area contributed by atoms with Crippen molar-refractivity contribution in [2.45, 2.75) is 44.9 Å². The minimum atomic E-state index is 0.818. The van der Waals surface area contributed by atoms with Gasteiger partial charge in [0, 0.05) is 0 Å². The van der Waals surface area contributed by atoms with Crippen molar-refractivity contribution in [3.05, 3.63) is 0 Å². The third-order valence-corrected chi connectivity index (χ3v) is 4.85. The number of hydrogen-bond donors (Lipinski definition) is 1. The molecule has 3 aliphatic rings. The van der Waals surface area contributed by atoms with Crippen LogP contribution in [0.2, 0.25) is 0 Å². The molecule has 0 atom stereocenters. The van der Waals surface area contributed by atoms with Crippen molar-refractivity contribution in [1.29, 1.82) is 0 Å². The van der Waals surface area contributed by atoms with Crippen LogP contribution in [0.4, 0.5) is 0 Å². The van der Waals surface area contributed by atoms with E-state index in [0.29, 0.717) is 0 Å². The molecule has 3 rings (SSSR count). The maximum absolute atomic E-state index is 3.50. The zero-order valence-corrected chi connectivity index (χ0v) is 7.86. The number of fused-ring (bicyclic) bond motifs is 1. The molecule has 0 amide bonds. The van der Waals surface area contributed by atoms with Crippen LogP contribution in [0.15, 0.2) is 0 Å². The summed E-state index contributed by atoms with van der Waals surface area (Å²) in [4.78, 5) is 0. The molecule has 0 unspecified atom stereocenters. The lowest BCUT2D eigenvalue weighted by atomic mass is 9.69. The summed E-state index contributed by atoms with van der Waals surface area (Å²) in [5.41, 5.74) is 1.69. The first-order chi connectivity index (χ1) is 5.87. The van der Waals surface area contributed by atoms with Gasteiger partial charge in [-0.05, 0) is 62.4 Å². The van der Waals surface area contributed by atoms with Gasteiger partial charge in [0.05, 0.1) is 0 Å². The fraction of sp³-hybridized carbons (Fsp3) is 1.00. The van der Waals surface area contributed by atoms with Gasteiger partial charge in [-0.1, -0.05) is 6.42 Å². The summed E-state index contributed by atoms with van der Waals surface area (Å²) in [6.07, 6.45) is 10.7.